The fourth-order valence-electron chi connectivity index (χ4n) is 2.50. The summed E-state index contributed by atoms with van der Waals surface area (Å²) in [5, 5.41) is 10.2. The van der Waals surface area contributed by atoms with Gasteiger partial charge in [0.1, 0.15) is 5.82 Å². The first kappa shape index (κ1) is 22.9. The molecule has 0 heterocycles. The number of Topliss-reactive ketones (excluding diaryl/α,β-unsaturated/α-hetero) is 2. The minimum absolute atomic E-state index is 0.0553. The Morgan fingerprint density at radius 2 is 1.83 bits per heavy atom. The number of benzene rings is 2. The Morgan fingerprint density at radius 1 is 1.17 bits per heavy atom. The highest BCUT2D eigenvalue weighted by Crippen LogP contribution is 2.31. The van der Waals surface area contributed by atoms with Gasteiger partial charge in [0.15, 0.2) is 0 Å². The molecule has 6 nitrogen and oxygen atoms in total. The molecule has 0 saturated carbocycles. The lowest BCUT2D eigenvalue weighted by molar-refractivity contribution is -0.137. The minimum Gasteiger partial charge on any atom is -0.380 e. The zero-order valence-corrected chi connectivity index (χ0v) is 15.5. The number of alkyl halides is 3. The van der Waals surface area contributed by atoms with Gasteiger partial charge >= 0.3 is 6.18 Å². The molecule has 0 aliphatic carbocycles. The van der Waals surface area contributed by atoms with Gasteiger partial charge < -0.3 is 16.5 Å². The van der Waals surface area contributed by atoms with Gasteiger partial charge in [-0.2, -0.15) is 13.2 Å². The van der Waals surface area contributed by atoms with Crippen LogP contribution in [-0.4, -0.2) is 36.1 Å². The summed E-state index contributed by atoms with van der Waals surface area (Å²) < 4.78 is 51.5. The number of nitrogens with zero attached hydrogens (tertiary/aromatic N) is 1. The number of hydrogen-bond donors (Lipinski definition) is 3. The highest BCUT2D eigenvalue weighted by atomic mass is 19.4. The van der Waals surface area contributed by atoms with Crippen molar-refractivity contribution in [2.45, 2.75) is 24.7 Å². The lowest BCUT2D eigenvalue weighted by Crippen LogP contribution is -2.49. The van der Waals surface area contributed by atoms with Crippen molar-refractivity contribution in [3.8, 4) is 0 Å². The Morgan fingerprint density at radius 3 is 2.40 bits per heavy atom. The summed E-state index contributed by atoms with van der Waals surface area (Å²) in [6.07, 6.45) is -3.13. The summed E-state index contributed by atoms with van der Waals surface area (Å²) >= 11 is 0. The molecule has 0 amide bonds. The van der Waals surface area contributed by atoms with E-state index in [0.717, 1.165) is 12.3 Å². The van der Waals surface area contributed by atoms with E-state index >= 15 is 0 Å². The Labute approximate surface area is 169 Å². The van der Waals surface area contributed by atoms with Crippen molar-refractivity contribution in [3.05, 3.63) is 59.9 Å². The standard InChI is InChI=1S/C20H18F4N4O2/c21-14-10-12(20(22,23)24)6-7-15(14)27-11-17(29)19(30)18(26)16(8-9-25)28-13-4-2-1-3-5-13/h1-7,9-11,16,18,25,28H,8,26H2. The van der Waals surface area contributed by atoms with Gasteiger partial charge in [0, 0.05) is 12.1 Å². The van der Waals surface area contributed by atoms with Crippen LogP contribution >= 0.6 is 0 Å². The van der Waals surface area contributed by atoms with Gasteiger partial charge in [-0.15, -0.1) is 0 Å². The molecule has 2 aromatic carbocycles. The molecule has 2 rings (SSSR count). The first-order valence-corrected chi connectivity index (χ1v) is 8.68. The minimum atomic E-state index is -4.72. The fraction of sp³-hybridized carbons (Fsp3) is 0.200. The molecule has 0 aliphatic heterocycles. The summed E-state index contributed by atoms with van der Waals surface area (Å²) in [7, 11) is 0. The largest absolute Gasteiger partial charge is 0.416 e. The maximum Gasteiger partial charge on any atom is 0.416 e. The van der Waals surface area contributed by atoms with Crippen molar-refractivity contribution in [1.29, 1.82) is 5.41 Å². The molecule has 0 fully saturated rings. The molecule has 0 aliphatic rings. The lowest BCUT2D eigenvalue weighted by Gasteiger charge is -2.23. The van der Waals surface area contributed by atoms with Crippen LogP contribution in [0, 0.1) is 11.2 Å². The second-order valence-corrected chi connectivity index (χ2v) is 6.23. The number of rotatable bonds is 9. The zero-order valence-electron chi connectivity index (χ0n) is 15.5. The number of carbonyl (C=O) groups is 2. The van der Waals surface area contributed by atoms with Crippen LogP contribution in [0.1, 0.15) is 12.0 Å². The van der Waals surface area contributed by atoms with Crippen molar-refractivity contribution < 1.29 is 27.2 Å². The molecule has 2 atom stereocenters. The number of carbonyl (C=O) groups excluding carboxylic acids is 2. The molecule has 158 valence electrons. The summed E-state index contributed by atoms with van der Waals surface area (Å²) in [5.74, 6) is -3.48. The van der Waals surface area contributed by atoms with Gasteiger partial charge in [-0.05, 0) is 36.5 Å². The third kappa shape index (κ3) is 6.05. The van der Waals surface area contributed by atoms with E-state index in [4.69, 9.17) is 11.1 Å². The molecule has 4 N–H and O–H groups in total. The summed E-state index contributed by atoms with van der Waals surface area (Å²) in [6.45, 7) is 0. The first-order valence-electron chi connectivity index (χ1n) is 8.68. The van der Waals surface area contributed by atoms with Gasteiger partial charge in [-0.1, -0.05) is 18.2 Å². The SMILES string of the molecule is N=CCC(Nc1ccccc1)C(N)C(=O)C(=O)C=Nc1ccc(C(F)(F)F)cc1F. The highest BCUT2D eigenvalue weighted by Gasteiger charge is 2.31. The van der Waals surface area contributed by atoms with E-state index in [-0.39, 0.29) is 12.5 Å². The monoisotopic (exact) mass is 422 g/mol. The molecule has 0 spiro atoms. The van der Waals surface area contributed by atoms with Crippen molar-refractivity contribution in [3.63, 3.8) is 0 Å². The summed E-state index contributed by atoms with van der Waals surface area (Å²) in [4.78, 5) is 27.9. The maximum absolute atomic E-state index is 13.8. The van der Waals surface area contributed by atoms with Crippen LogP contribution in [0.15, 0.2) is 53.5 Å². The number of ketones is 2. The van der Waals surface area contributed by atoms with Crippen LogP contribution in [0.25, 0.3) is 0 Å². The van der Waals surface area contributed by atoms with Gasteiger partial charge in [0.05, 0.1) is 29.5 Å². The van der Waals surface area contributed by atoms with E-state index in [1.165, 1.54) is 0 Å². The topological polar surface area (TPSA) is 108 Å². The highest BCUT2D eigenvalue weighted by molar-refractivity contribution is 6.60. The van der Waals surface area contributed by atoms with E-state index in [1.54, 1.807) is 30.3 Å². The van der Waals surface area contributed by atoms with Gasteiger partial charge in [0.2, 0.25) is 11.6 Å². The first-order chi connectivity index (χ1) is 14.1. The van der Waals surface area contributed by atoms with Gasteiger partial charge in [0.25, 0.3) is 0 Å². The van der Waals surface area contributed by atoms with Crippen LogP contribution in [0.5, 0.6) is 0 Å². The summed E-state index contributed by atoms with van der Waals surface area (Å²) in [6, 6.07) is 8.20. The molecular weight excluding hydrogens is 404 g/mol. The number of aliphatic imine (C=N–C) groups is 1. The predicted octanol–water partition coefficient (Wildman–Crippen LogP) is 3.53. The van der Waals surface area contributed by atoms with Gasteiger partial charge in [-0.25, -0.2) is 9.38 Å². The smallest absolute Gasteiger partial charge is 0.380 e. The van der Waals surface area contributed by atoms with E-state index in [0.29, 0.717) is 18.0 Å². The molecule has 2 unspecified atom stereocenters. The number of nitrogens with one attached hydrogen (secondary N) is 2. The van der Waals surface area contributed by atoms with Crippen LogP contribution in [0.2, 0.25) is 0 Å². The van der Waals surface area contributed by atoms with E-state index in [1.807, 2.05) is 0 Å². The molecule has 0 bridgehead atoms. The third-order valence-electron chi connectivity index (χ3n) is 4.07. The second kappa shape index (κ2) is 9.88. The Balaban J connectivity index is 2.11. The molecular formula is C20H18F4N4O2. The van der Waals surface area contributed by atoms with Crippen LogP contribution in [0.4, 0.5) is 28.9 Å². The Kier molecular flexibility index (Phi) is 7.54. The Hall–Kier alpha value is -3.40. The quantitative estimate of drug-likeness (QED) is 0.326. The average Bonchev–Trinajstić information content (AvgIpc) is 2.71. The normalized spacial score (nSPS) is 13.6. The molecule has 30 heavy (non-hydrogen) atoms. The second-order valence-electron chi connectivity index (χ2n) is 6.23. The van der Waals surface area contributed by atoms with E-state index in [2.05, 4.69) is 10.3 Å². The van der Waals surface area contributed by atoms with Crippen molar-refractivity contribution in [2.24, 2.45) is 10.7 Å². The van der Waals surface area contributed by atoms with Gasteiger partial charge in [-0.3, -0.25) is 9.59 Å². The van der Waals surface area contributed by atoms with Crippen molar-refractivity contribution in [2.75, 3.05) is 5.32 Å². The number of halogens is 4. The van der Waals surface area contributed by atoms with Crippen LogP contribution in [-0.2, 0) is 15.8 Å². The van der Waals surface area contributed by atoms with Crippen LogP contribution in [0.3, 0.4) is 0 Å². The molecule has 10 heteroatoms. The van der Waals surface area contributed by atoms with Crippen LogP contribution < -0.4 is 11.1 Å². The molecule has 0 radical (unpaired) electrons. The number of nitrogens with two attached hydrogens (primary N) is 1. The number of hydrogen-bond acceptors (Lipinski definition) is 6. The van der Waals surface area contributed by atoms with Crippen molar-refractivity contribution in [1.82, 2.24) is 0 Å². The summed E-state index contributed by atoms with van der Waals surface area (Å²) in [5.41, 5.74) is 4.76. The molecule has 0 aromatic heterocycles. The molecule has 2 aromatic rings. The van der Waals surface area contributed by atoms with E-state index in [9.17, 15) is 27.2 Å². The number of para-hydroxylation sites is 1. The number of anilines is 1. The predicted molar refractivity (Wildman–Crippen MR) is 105 cm³/mol. The zero-order chi connectivity index (χ0) is 22.3. The lowest BCUT2D eigenvalue weighted by atomic mass is 9.99. The third-order valence-corrected chi connectivity index (χ3v) is 4.07. The maximum atomic E-state index is 13.8. The van der Waals surface area contributed by atoms with Crippen molar-refractivity contribution >= 4 is 35.4 Å². The average molecular weight is 422 g/mol. The Bertz CT molecular complexity index is 946. The fourth-order valence-corrected chi connectivity index (χ4v) is 2.50. The van der Waals surface area contributed by atoms with E-state index < -0.39 is 46.9 Å². The molecule has 0 saturated heterocycles.